The molecule has 0 radical (unpaired) electrons. The van der Waals surface area contributed by atoms with Crippen LogP contribution in [0.2, 0.25) is 5.02 Å². The number of ether oxygens (including phenoxy) is 1. The molecule has 0 bridgehead atoms. The second-order valence-corrected chi connectivity index (χ2v) is 6.74. The van der Waals surface area contributed by atoms with Gasteiger partial charge in [-0.1, -0.05) is 17.7 Å². The number of rotatable bonds is 5. The zero-order valence-corrected chi connectivity index (χ0v) is 16.2. The minimum Gasteiger partial charge on any atom is -0.456 e. The maximum absolute atomic E-state index is 12.6. The Morgan fingerprint density at radius 2 is 1.83 bits per heavy atom. The summed E-state index contributed by atoms with van der Waals surface area (Å²) in [4.78, 5) is 27.2. The van der Waals surface area contributed by atoms with E-state index < -0.39 is 4.92 Å². The van der Waals surface area contributed by atoms with Crippen molar-refractivity contribution in [3.05, 3.63) is 99.7 Å². The van der Waals surface area contributed by atoms with Gasteiger partial charge in [0.1, 0.15) is 11.5 Å². The molecule has 8 heteroatoms. The summed E-state index contributed by atoms with van der Waals surface area (Å²) in [5.41, 5.74) is 1.78. The third-order valence-electron chi connectivity index (χ3n) is 4.36. The molecule has 1 heterocycles. The molecule has 1 aromatic heterocycles. The van der Waals surface area contributed by atoms with Gasteiger partial charge in [0.05, 0.1) is 21.2 Å². The van der Waals surface area contributed by atoms with Crippen LogP contribution in [-0.4, -0.2) is 15.8 Å². The Morgan fingerprint density at radius 3 is 2.57 bits per heavy atom. The number of non-ortho nitro benzene ring substituents is 1. The predicted octanol–water partition coefficient (Wildman–Crippen LogP) is 5.84. The molecule has 1 amide bonds. The lowest BCUT2D eigenvalue weighted by molar-refractivity contribution is -0.384. The predicted molar refractivity (Wildman–Crippen MR) is 114 cm³/mol. The number of hydrogen-bond acceptors (Lipinski definition) is 5. The Bertz CT molecular complexity index is 1250. The van der Waals surface area contributed by atoms with Gasteiger partial charge in [0.15, 0.2) is 0 Å². The number of nitrogens with one attached hydrogen (secondary N) is 1. The summed E-state index contributed by atoms with van der Waals surface area (Å²) in [7, 11) is 0. The van der Waals surface area contributed by atoms with Crippen molar-refractivity contribution in [3.63, 3.8) is 0 Å². The maximum atomic E-state index is 12.6. The van der Waals surface area contributed by atoms with Crippen molar-refractivity contribution in [3.8, 4) is 11.5 Å². The van der Waals surface area contributed by atoms with Crippen molar-refractivity contribution < 1.29 is 14.5 Å². The Hall–Kier alpha value is -3.97. The lowest BCUT2D eigenvalue weighted by Gasteiger charge is -2.10. The average molecular weight is 420 g/mol. The number of nitro groups is 1. The topological polar surface area (TPSA) is 94.4 Å². The van der Waals surface area contributed by atoms with Crippen LogP contribution in [0, 0.1) is 10.1 Å². The average Bonchev–Trinajstić information content (AvgIpc) is 2.76. The van der Waals surface area contributed by atoms with Crippen LogP contribution in [-0.2, 0) is 0 Å². The number of pyridine rings is 1. The molecule has 0 aliphatic rings. The number of carbonyl (C=O) groups is 1. The number of carbonyl (C=O) groups excluding carboxylic acids is 1. The molecule has 0 unspecified atom stereocenters. The Morgan fingerprint density at radius 1 is 1.03 bits per heavy atom. The second-order valence-electron chi connectivity index (χ2n) is 6.33. The van der Waals surface area contributed by atoms with Gasteiger partial charge in [0.25, 0.3) is 11.6 Å². The number of nitro benzene ring substituents is 1. The Balaban J connectivity index is 1.49. The van der Waals surface area contributed by atoms with Gasteiger partial charge in [-0.05, 0) is 54.6 Å². The second kappa shape index (κ2) is 8.18. The summed E-state index contributed by atoms with van der Waals surface area (Å²) in [5, 5.41) is 14.7. The minimum atomic E-state index is -0.533. The quantitative estimate of drug-likeness (QED) is 0.324. The van der Waals surface area contributed by atoms with Crippen LogP contribution < -0.4 is 10.1 Å². The van der Waals surface area contributed by atoms with Gasteiger partial charge in [0.2, 0.25) is 0 Å². The Kier molecular flexibility index (Phi) is 5.28. The van der Waals surface area contributed by atoms with Gasteiger partial charge in [0, 0.05) is 29.3 Å². The van der Waals surface area contributed by atoms with Gasteiger partial charge in [-0.3, -0.25) is 19.9 Å². The monoisotopic (exact) mass is 419 g/mol. The van der Waals surface area contributed by atoms with Crippen LogP contribution in [0.4, 0.5) is 11.4 Å². The van der Waals surface area contributed by atoms with Gasteiger partial charge >= 0.3 is 0 Å². The fourth-order valence-corrected chi connectivity index (χ4v) is 3.11. The zero-order valence-electron chi connectivity index (χ0n) is 15.4. The van der Waals surface area contributed by atoms with Gasteiger partial charge < -0.3 is 10.1 Å². The number of aromatic nitrogens is 1. The SMILES string of the molecule is O=C(Nc1cccc2ncccc12)c1ccc(Oc2ccc([N+](=O)[O-])cc2Cl)cc1. The van der Waals surface area contributed by atoms with E-state index in [0.29, 0.717) is 17.0 Å². The summed E-state index contributed by atoms with van der Waals surface area (Å²) in [5.74, 6) is 0.450. The van der Waals surface area contributed by atoms with E-state index in [1.54, 1.807) is 30.5 Å². The third kappa shape index (κ3) is 4.06. The Labute approximate surface area is 176 Å². The van der Waals surface area contributed by atoms with Crippen molar-refractivity contribution in [2.45, 2.75) is 0 Å². The zero-order chi connectivity index (χ0) is 21.1. The van der Waals surface area contributed by atoms with Gasteiger partial charge in [-0.25, -0.2) is 0 Å². The number of benzene rings is 3. The molecule has 0 fully saturated rings. The van der Waals surface area contributed by atoms with Crippen LogP contribution in [0.15, 0.2) is 79.0 Å². The fourth-order valence-electron chi connectivity index (χ4n) is 2.89. The van der Waals surface area contributed by atoms with E-state index in [2.05, 4.69) is 10.3 Å². The minimum absolute atomic E-state index is 0.121. The van der Waals surface area contributed by atoms with Crippen LogP contribution in [0.3, 0.4) is 0 Å². The van der Waals surface area contributed by atoms with E-state index in [0.717, 1.165) is 10.9 Å². The highest BCUT2D eigenvalue weighted by atomic mass is 35.5. The lowest BCUT2D eigenvalue weighted by atomic mass is 10.1. The number of anilines is 1. The molecule has 0 saturated heterocycles. The molecule has 148 valence electrons. The largest absolute Gasteiger partial charge is 0.456 e. The molecule has 0 saturated carbocycles. The van der Waals surface area contributed by atoms with E-state index in [1.165, 1.54) is 18.2 Å². The number of hydrogen-bond donors (Lipinski definition) is 1. The summed E-state index contributed by atoms with van der Waals surface area (Å²) < 4.78 is 5.66. The normalized spacial score (nSPS) is 10.6. The van der Waals surface area contributed by atoms with E-state index in [4.69, 9.17) is 16.3 Å². The van der Waals surface area contributed by atoms with E-state index in [9.17, 15) is 14.9 Å². The molecule has 0 aliphatic carbocycles. The standard InChI is InChI=1S/C22H14ClN3O4/c23-18-13-15(26(28)29)8-11-21(18)30-16-9-6-14(7-10-16)22(27)25-20-5-1-4-19-17(20)3-2-12-24-19/h1-13H,(H,25,27). The summed E-state index contributed by atoms with van der Waals surface area (Å²) in [6.07, 6.45) is 1.70. The first kappa shape index (κ1) is 19.4. The van der Waals surface area contributed by atoms with E-state index >= 15 is 0 Å². The molecule has 30 heavy (non-hydrogen) atoms. The highest BCUT2D eigenvalue weighted by molar-refractivity contribution is 6.32. The first-order valence-corrected chi connectivity index (χ1v) is 9.26. The summed E-state index contributed by atoms with van der Waals surface area (Å²) in [6.45, 7) is 0. The lowest BCUT2D eigenvalue weighted by Crippen LogP contribution is -2.12. The van der Waals surface area contributed by atoms with Crippen molar-refractivity contribution >= 4 is 39.8 Å². The molecular formula is C22H14ClN3O4. The first-order valence-electron chi connectivity index (χ1n) is 8.88. The molecule has 0 spiro atoms. The number of halogens is 1. The van der Waals surface area contributed by atoms with Crippen molar-refractivity contribution in [2.75, 3.05) is 5.32 Å². The van der Waals surface area contributed by atoms with Crippen molar-refractivity contribution in [2.24, 2.45) is 0 Å². The summed E-state index contributed by atoms with van der Waals surface area (Å²) in [6, 6.07) is 19.7. The van der Waals surface area contributed by atoms with E-state index in [1.807, 2.05) is 30.3 Å². The molecule has 4 rings (SSSR count). The number of nitrogens with zero attached hydrogens (tertiary/aromatic N) is 2. The van der Waals surface area contributed by atoms with Crippen molar-refractivity contribution in [1.29, 1.82) is 0 Å². The molecule has 3 aromatic carbocycles. The van der Waals surface area contributed by atoms with Crippen LogP contribution in [0.1, 0.15) is 10.4 Å². The molecule has 7 nitrogen and oxygen atoms in total. The smallest absolute Gasteiger partial charge is 0.271 e. The highest BCUT2D eigenvalue weighted by Crippen LogP contribution is 2.32. The van der Waals surface area contributed by atoms with Crippen molar-refractivity contribution in [1.82, 2.24) is 4.98 Å². The maximum Gasteiger partial charge on any atom is 0.271 e. The van der Waals surface area contributed by atoms with Gasteiger partial charge in [-0.15, -0.1) is 0 Å². The fraction of sp³-hybridized carbons (Fsp3) is 0. The number of fused-ring (bicyclic) bond motifs is 1. The summed E-state index contributed by atoms with van der Waals surface area (Å²) >= 11 is 6.04. The third-order valence-corrected chi connectivity index (χ3v) is 4.66. The van der Waals surface area contributed by atoms with Crippen LogP contribution >= 0.6 is 11.6 Å². The van der Waals surface area contributed by atoms with Crippen LogP contribution in [0.5, 0.6) is 11.5 Å². The van der Waals surface area contributed by atoms with Crippen LogP contribution in [0.25, 0.3) is 10.9 Å². The first-order chi connectivity index (χ1) is 14.5. The molecule has 0 atom stereocenters. The molecular weight excluding hydrogens is 406 g/mol. The molecule has 1 N–H and O–H groups in total. The van der Waals surface area contributed by atoms with E-state index in [-0.39, 0.29) is 22.4 Å². The highest BCUT2D eigenvalue weighted by Gasteiger charge is 2.12. The van der Waals surface area contributed by atoms with Gasteiger partial charge in [-0.2, -0.15) is 0 Å². The number of amides is 1. The molecule has 0 aliphatic heterocycles. The molecule has 4 aromatic rings.